The molecule has 2 aliphatic heterocycles. The van der Waals surface area contributed by atoms with E-state index in [4.69, 9.17) is 5.11 Å². The van der Waals surface area contributed by atoms with Crippen molar-refractivity contribution in [2.75, 3.05) is 6.54 Å². The molecule has 1 atom stereocenters. The van der Waals surface area contributed by atoms with Gasteiger partial charge in [-0.25, -0.2) is 4.79 Å². The molecule has 3 heteroatoms. The van der Waals surface area contributed by atoms with E-state index in [1.807, 2.05) is 6.20 Å². The van der Waals surface area contributed by atoms with Crippen molar-refractivity contribution >= 4 is 5.97 Å². The fraction of sp³-hybridized carbons (Fsp3) is 0.462. The highest BCUT2D eigenvalue weighted by molar-refractivity contribution is 5.87. The lowest BCUT2D eigenvalue weighted by molar-refractivity contribution is -0.133. The maximum atomic E-state index is 11.1. The lowest BCUT2D eigenvalue weighted by atomic mass is 9.81. The summed E-state index contributed by atoms with van der Waals surface area (Å²) in [5.74, 6) is -0.364. The first-order valence-electron chi connectivity index (χ1n) is 5.86. The van der Waals surface area contributed by atoms with Gasteiger partial charge >= 0.3 is 5.97 Å². The topological polar surface area (TPSA) is 40.5 Å². The molecule has 1 N–H and O–H groups in total. The molecule has 3 nitrogen and oxygen atoms in total. The summed E-state index contributed by atoms with van der Waals surface area (Å²) in [5.41, 5.74) is 3.37. The molecule has 0 saturated heterocycles. The fourth-order valence-electron chi connectivity index (χ4n) is 2.99. The number of carboxylic acids is 1. The van der Waals surface area contributed by atoms with Gasteiger partial charge in [0.15, 0.2) is 0 Å². The van der Waals surface area contributed by atoms with Crippen LogP contribution < -0.4 is 0 Å². The van der Waals surface area contributed by atoms with Gasteiger partial charge in [-0.2, -0.15) is 0 Å². The quantitative estimate of drug-likeness (QED) is 0.732. The third-order valence-corrected chi connectivity index (χ3v) is 3.66. The maximum Gasteiger partial charge on any atom is 0.333 e. The lowest BCUT2D eigenvalue weighted by Crippen LogP contribution is -2.34. The Kier molecular flexibility index (Phi) is 2.13. The number of hydrogen-bond acceptors (Lipinski definition) is 2. The molecule has 2 heterocycles. The molecule has 0 amide bonds. The Bertz CT molecular complexity index is 431. The minimum absolute atomic E-state index is 0.399. The van der Waals surface area contributed by atoms with Gasteiger partial charge in [0.05, 0.1) is 5.57 Å². The Morgan fingerprint density at radius 1 is 1.50 bits per heavy atom. The molecule has 0 bridgehead atoms. The predicted octanol–water partition coefficient (Wildman–Crippen LogP) is 2.28. The zero-order valence-corrected chi connectivity index (χ0v) is 9.15. The summed E-state index contributed by atoms with van der Waals surface area (Å²) >= 11 is 0. The van der Waals surface area contributed by atoms with Gasteiger partial charge in [0.2, 0.25) is 0 Å². The van der Waals surface area contributed by atoms with E-state index in [1.165, 1.54) is 11.3 Å². The molecule has 0 aromatic rings. The molecule has 0 aromatic heterocycles. The van der Waals surface area contributed by atoms with Gasteiger partial charge in [-0.05, 0) is 31.3 Å². The highest BCUT2D eigenvalue weighted by Gasteiger charge is 2.32. The van der Waals surface area contributed by atoms with Gasteiger partial charge in [0.1, 0.15) is 0 Å². The van der Waals surface area contributed by atoms with E-state index in [0.29, 0.717) is 17.9 Å². The molecule has 1 aliphatic carbocycles. The summed E-state index contributed by atoms with van der Waals surface area (Å²) in [5, 5.41) is 9.10. The molecule has 84 valence electrons. The number of rotatable bonds is 1. The first kappa shape index (κ1) is 9.70. The van der Waals surface area contributed by atoms with Gasteiger partial charge < -0.3 is 10.0 Å². The van der Waals surface area contributed by atoms with Crippen LogP contribution in [0.25, 0.3) is 0 Å². The van der Waals surface area contributed by atoms with Crippen molar-refractivity contribution in [3.05, 3.63) is 35.2 Å². The van der Waals surface area contributed by atoms with E-state index in [-0.39, 0.29) is 0 Å². The van der Waals surface area contributed by atoms with Crippen molar-refractivity contribution in [3.63, 3.8) is 0 Å². The van der Waals surface area contributed by atoms with Crippen LogP contribution >= 0.6 is 0 Å². The third kappa shape index (κ3) is 1.39. The molecule has 0 aromatic carbocycles. The highest BCUT2D eigenvalue weighted by Crippen LogP contribution is 2.40. The molecule has 0 saturated carbocycles. The maximum absolute atomic E-state index is 11.1. The highest BCUT2D eigenvalue weighted by atomic mass is 16.4. The van der Waals surface area contributed by atoms with Crippen LogP contribution in [0.4, 0.5) is 0 Å². The number of nitrogens with zero attached hydrogens (tertiary/aromatic N) is 1. The number of hydrogen-bond donors (Lipinski definition) is 1. The first-order valence-corrected chi connectivity index (χ1v) is 5.86. The fourth-order valence-corrected chi connectivity index (χ4v) is 2.99. The molecule has 0 spiro atoms. The number of allylic oxidation sites excluding steroid dienone is 4. The van der Waals surface area contributed by atoms with E-state index in [9.17, 15) is 4.79 Å². The summed E-state index contributed by atoms with van der Waals surface area (Å²) in [7, 11) is 0. The second-order valence-electron chi connectivity index (χ2n) is 4.71. The molecule has 3 aliphatic rings. The molecule has 16 heavy (non-hydrogen) atoms. The van der Waals surface area contributed by atoms with Crippen molar-refractivity contribution in [2.24, 2.45) is 5.92 Å². The van der Waals surface area contributed by atoms with E-state index in [2.05, 4.69) is 17.1 Å². The number of aliphatic carboxylic acids is 1. The summed E-state index contributed by atoms with van der Waals surface area (Å²) in [6, 6.07) is 0. The molecule has 0 radical (unpaired) electrons. The van der Waals surface area contributed by atoms with Crippen LogP contribution in [0.2, 0.25) is 0 Å². The number of carboxylic acid groups (broad SMARTS) is 1. The van der Waals surface area contributed by atoms with Crippen LogP contribution in [0, 0.1) is 5.92 Å². The summed E-state index contributed by atoms with van der Waals surface area (Å²) in [6.45, 7) is 0.972. The van der Waals surface area contributed by atoms with Crippen LogP contribution in [-0.2, 0) is 4.79 Å². The van der Waals surface area contributed by atoms with Gasteiger partial charge in [-0.3, -0.25) is 0 Å². The van der Waals surface area contributed by atoms with E-state index >= 15 is 0 Å². The van der Waals surface area contributed by atoms with Gasteiger partial charge in [-0.1, -0.05) is 12.2 Å². The van der Waals surface area contributed by atoms with Crippen LogP contribution in [0.1, 0.15) is 25.7 Å². The predicted molar refractivity (Wildman–Crippen MR) is 60.5 cm³/mol. The van der Waals surface area contributed by atoms with Crippen molar-refractivity contribution in [3.8, 4) is 0 Å². The van der Waals surface area contributed by atoms with Crippen molar-refractivity contribution in [1.29, 1.82) is 0 Å². The third-order valence-electron chi connectivity index (χ3n) is 3.66. The largest absolute Gasteiger partial charge is 0.478 e. The molecular formula is C13H15NO2. The Balaban J connectivity index is 2.04. The van der Waals surface area contributed by atoms with E-state index in [0.717, 1.165) is 25.8 Å². The molecule has 3 rings (SSSR count). The zero-order valence-electron chi connectivity index (χ0n) is 9.15. The number of carbonyl (C=O) groups is 1. The SMILES string of the molecule is O=C(O)C1=CN2CCCC3=C2C(CC=C3)C1. The minimum atomic E-state index is -0.763. The monoisotopic (exact) mass is 217 g/mol. The van der Waals surface area contributed by atoms with Crippen molar-refractivity contribution in [2.45, 2.75) is 25.7 Å². The summed E-state index contributed by atoms with van der Waals surface area (Å²) in [6.07, 6.45) is 10.2. The van der Waals surface area contributed by atoms with Gasteiger partial charge in [0, 0.05) is 24.4 Å². The Morgan fingerprint density at radius 2 is 2.38 bits per heavy atom. The standard InChI is InChI=1S/C13H15NO2/c15-13(16)11-7-10-4-1-3-9-5-2-6-14(8-11)12(9)10/h1,3,8,10H,2,4-7H2,(H,15,16). The average Bonchev–Trinajstić information content (AvgIpc) is 2.29. The van der Waals surface area contributed by atoms with E-state index in [1.54, 1.807) is 0 Å². The Labute approximate surface area is 94.7 Å². The second kappa shape index (κ2) is 3.51. The van der Waals surface area contributed by atoms with Crippen molar-refractivity contribution in [1.82, 2.24) is 4.90 Å². The average molecular weight is 217 g/mol. The smallest absolute Gasteiger partial charge is 0.333 e. The Morgan fingerprint density at radius 3 is 3.19 bits per heavy atom. The summed E-state index contributed by atoms with van der Waals surface area (Å²) in [4.78, 5) is 13.2. The van der Waals surface area contributed by atoms with Gasteiger partial charge in [0.25, 0.3) is 0 Å². The zero-order chi connectivity index (χ0) is 11.1. The van der Waals surface area contributed by atoms with Crippen LogP contribution in [-0.4, -0.2) is 22.5 Å². The van der Waals surface area contributed by atoms with E-state index < -0.39 is 5.97 Å². The molecule has 1 unspecified atom stereocenters. The second-order valence-corrected chi connectivity index (χ2v) is 4.71. The van der Waals surface area contributed by atoms with Crippen LogP contribution in [0.3, 0.4) is 0 Å². The lowest BCUT2D eigenvalue weighted by Gasteiger charge is -2.40. The summed E-state index contributed by atoms with van der Waals surface area (Å²) < 4.78 is 0. The van der Waals surface area contributed by atoms with Crippen molar-refractivity contribution < 1.29 is 9.90 Å². The van der Waals surface area contributed by atoms with Crippen LogP contribution in [0.15, 0.2) is 35.2 Å². The Hall–Kier alpha value is -1.51. The molecular weight excluding hydrogens is 202 g/mol. The van der Waals surface area contributed by atoms with Gasteiger partial charge in [-0.15, -0.1) is 0 Å². The molecule has 0 fully saturated rings. The first-order chi connectivity index (χ1) is 7.75. The normalized spacial score (nSPS) is 27.6. The minimum Gasteiger partial charge on any atom is -0.478 e. The van der Waals surface area contributed by atoms with Crippen LogP contribution in [0.5, 0.6) is 0 Å².